The summed E-state index contributed by atoms with van der Waals surface area (Å²) in [7, 11) is 0. The van der Waals surface area contributed by atoms with E-state index in [-0.39, 0.29) is 18.9 Å². The Balaban J connectivity index is 2.33. The van der Waals surface area contributed by atoms with Crippen LogP contribution in [0.25, 0.3) is 0 Å². The average molecular weight is 1060 g/mol. The van der Waals surface area contributed by atoms with Gasteiger partial charge >= 0.3 is 0 Å². The van der Waals surface area contributed by atoms with Crippen molar-refractivity contribution < 1.29 is 39.8 Å². The van der Waals surface area contributed by atoms with E-state index < -0.39 is 49.5 Å². The lowest BCUT2D eigenvalue weighted by Gasteiger charge is -2.40. The fourth-order valence-electron chi connectivity index (χ4n) is 8.42. The van der Waals surface area contributed by atoms with E-state index in [0.717, 1.165) is 89.9 Å². The van der Waals surface area contributed by atoms with Crippen molar-refractivity contribution >= 4 is 5.91 Å². The number of ether oxygens (including phenoxy) is 2. The fourth-order valence-corrected chi connectivity index (χ4v) is 8.42. The molecule has 1 saturated heterocycles. The highest BCUT2D eigenvalue weighted by Crippen LogP contribution is 2.22. The molecule has 0 aromatic rings. The second kappa shape index (κ2) is 54.4. The predicted molar refractivity (Wildman–Crippen MR) is 322 cm³/mol. The quantitative estimate of drug-likeness (QED) is 0.0261. The van der Waals surface area contributed by atoms with Crippen molar-refractivity contribution in [2.75, 3.05) is 13.2 Å². The van der Waals surface area contributed by atoms with Crippen LogP contribution in [0, 0.1) is 0 Å². The predicted octanol–water partition coefficient (Wildman–Crippen LogP) is 15.5. The van der Waals surface area contributed by atoms with Gasteiger partial charge < -0.3 is 40.3 Å². The molecule has 1 amide bonds. The molecule has 9 heteroatoms. The van der Waals surface area contributed by atoms with Crippen molar-refractivity contribution in [2.24, 2.45) is 0 Å². The van der Waals surface area contributed by atoms with Crippen molar-refractivity contribution in [1.82, 2.24) is 5.32 Å². The molecular weight excluding hydrogens is 947 g/mol. The molecule has 0 bridgehead atoms. The highest BCUT2D eigenvalue weighted by molar-refractivity contribution is 5.76. The summed E-state index contributed by atoms with van der Waals surface area (Å²) in [5, 5.41) is 54.5. The Morgan fingerprint density at radius 1 is 0.461 bits per heavy atom. The number of carbonyl (C=O) groups is 1. The van der Waals surface area contributed by atoms with E-state index >= 15 is 0 Å². The normalized spacial score (nSPS) is 19.9. The van der Waals surface area contributed by atoms with Crippen LogP contribution in [0.2, 0.25) is 0 Å². The van der Waals surface area contributed by atoms with Gasteiger partial charge in [-0.25, -0.2) is 0 Å². The van der Waals surface area contributed by atoms with E-state index in [0.29, 0.717) is 12.8 Å². The van der Waals surface area contributed by atoms with Crippen LogP contribution < -0.4 is 5.32 Å². The maximum Gasteiger partial charge on any atom is 0.220 e. The minimum atomic E-state index is -1.60. The number of carbonyl (C=O) groups excluding carboxylic acids is 1. The monoisotopic (exact) mass is 1060 g/mol. The first-order valence-electron chi connectivity index (χ1n) is 30.1. The molecule has 430 valence electrons. The molecule has 1 heterocycles. The largest absolute Gasteiger partial charge is 0.394 e. The molecular formula is C67H109NO8. The Morgan fingerprint density at radius 2 is 0.829 bits per heavy atom. The molecule has 0 aliphatic carbocycles. The molecule has 0 saturated carbocycles. The number of nitrogens with one attached hydrogen (secondary N) is 1. The van der Waals surface area contributed by atoms with Gasteiger partial charge in [-0.05, 0) is 109 Å². The Bertz CT molecular complexity index is 1700. The number of amides is 1. The zero-order valence-electron chi connectivity index (χ0n) is 47.7. The van der Waals surface area contributed by atoms with E-state index in [1.807, 2.05) is 6.08 Å². The Morgan fingerprint density at radius 3 is 1.26 bits per heavy atom. The smallest absolute Gasteiger partial charge is 0.220 e. The summed E-state index contributed by atoms with van der Waals surface area (Å²) >= 11 is 0. The van der Waals surface area contributed by atoms with Crippen molar-refractivity contribution in [3.05, 3.63) is 146 Å². The van der Waals surface area contributed by atoms with Gasteiger partial charge in [0, 0.05) is 6.42 Å². The number of unbranched alkanes of at least 4 members (excludes halogenated alkanes) is 17. The topological polar surface area (TPSA) is 149 Å². The lowest BCUT2D eigenvalue weighted by Crippen LogP contribution is -2.60. The van der Waals surface area contributed by atoms with Crippen molar-refractivity contribution in [3.8, 4) is 0 Å². The fraction of sp³-hybridized carbons (Fsp3) is 0.627. The van der Waals surface area contributed by atoms with Crippen LogP contribution >= 0.6 is 0 Å². The van der Waals surface area contributed by atoms with Gasteiger partial charge in [0.1, 0.15) is 24.4 Å². The SMILES string of the molecule is CC/C=C\C/C=C\C/C=C\C/C=C\C/C=C\C/C=C\C/C=C\C/C=C\C/C=C\CCCC(=O)NC(COC1OC(CO)C(O)C(O)C1O)C(O)/C=C/CC/C=C/CC/C=C/CCCCCCCCCCCCCCCC. The van der Waals surface area contributed by atoms with Gasteiger partial charge in [0.15, 0.2) is 6.29 Å². The molecule has 6 N–H and O–H groups in total. The Hall–Kier alpha value is -3.93. The number of hydrogen-bond acceptors (Lipinski definition) is 8. The number of rotatable bonds is 49. The minimum absolute atomic E-state index is 0.239. The maximum absolute atomic E-state index is 13.0. The molecule has 0 radical (unpaired) electrons. The van der Waals surface area contributed by atoms with Crippen LogP contribution in [0.4, 0.5) is 0 Å². The molecule has 1 aliphatic heterocycles. The van der Waals surface area contributed by atoms with Gasteiger partial charge in [0.2, 0.25) is 5.91 Å². The average Bonchev–Trinajstić information content (AvgIpc) is 3.42. The van der Waals surface area contributed by atoms with Crippen LogP contribution in [0.1, 0.15) is 213 Å². The summed E-state index contributed by atoms with van der Waals surface area (Å²) in [6, 6.07) is -0.872. The van der Waals surface area contributed by atoms with Crippen molar-refractivity contribution in [1.29, 1.82) is 0 Å². The van der Waals surface area contributed by atoms with E-state index in [1.165, 1.54) is 89.9 Å². The molecule has 1 aliphatic rings. The molecule has 0 aromatic heterocycles. The first-order valence-corrected chi connectivity index (χ1v) is 30.1. The second-order valence-corrected chi connectivity index (χ2v) is 20.0. The first-order chi connectivity index (χ1) is 37.3. The lowest BCUT2D eigenvalue weighted by molar-refractivity contribution is -0.302. The standard InChI is InChI=1S/C67H109NO8/c1-3-5-7-9-11-13-15-17-19-21-23-25-27-29-30-31-32-33-35-37-39-41-43-45-47-49-51-53-55-57-63(71)68-60(59-75-67-66(74)65(73)64(72)62(58-69)76-67)61(70)56-54-52-50-48-46-44-42-40-38-36-34-28-26-24-22-20-18-16-14-12-10-8-6-4-2/h5,7,11,13,17,19,23,25,29-30,32-33,37-40,43,45-46,48-49,51,54,56,60-62,64-67,69-70,72-74H,3-4,6,8-10,12,14-16,18,20-22,24,26-28,31,34-36,41-42,44,47,50,52-53,55,57-59H2,1-2H3,(H,68,71)/b7-5-,13-11-,19-17-,25-23-,30-29-,33-32-,39-37-,40-38+,45-43-,48-46+,51-49-,56-54+. The van der Waals surface area contributed by atoms with Crippen LogP contribution in [0.3, 0.4) is 0 Å². The highest BCUT2D eigenvalue weighted by Gasteiger charge is 2.44. The Labute approximate surface area is 463 Å². The first kappa shape index (κ1) is 70.1. The molecule has 0 spiro atoms. The van der Waals surface area contributed by atoms with Gasteiger partial charge in [-0.1, -0.05) is 243 Å². The van der Waals surface area contributed by atoms with Crippen LogP contribution in [-0.4, -0.2) is 87.5 Å². The minimum Gasteiger partial charge on any atom is -0.394 e. The summed E-state index contributed by atoms with van der Waals surface area (Å²) < 4.78 is 11.2. The van der Waals surface area contributed by atoms with Gasteiger partial charge in [-0.3, -0.25) is 4.79 Å². The maximum atomic E-state index is 13.0. The second-order valence-electron chi connectivity index (χ2n) is 20.0. The summed E-state index contributed by atoms with van der Waals surface area (Å²) in [5.74, 6) is -0.254. The zero-order chi connectivity index (χ0) is 55.0. The Kier molecular flexibility index (Phi) is 50.2. The van der Waals surface area contributed by atoms with E-state index in [9.17, 15) is 30.3 Å². The third-order valence-electron chi connectivity index (χ3n) is 13.1. The van der Waals surface area contributed by atoms with Crippen molar-refractivity contribution in [3.63, 3.8) is 0 Å². The van der Waals surface area contributed by atoms with Crippen LogP contribution in [-0.2, 0) is 14.3 Å². The van der Waals surface area contributed by atoms with Gasteiger partial charge in [-0.15, -0.1) is 0 Å². The van der Waals surface area contributed by atoms with Gasteiger partial charge in [0.25, 0.3) is 0 Å². The number of hydrogen-bond donors (Lipinski definition) is 6. The summed E-state index contributed by atoms with van der Waals surface area (Å²) in [6.45, 7) is 3.61. The number of aliphatic hydroxyl groups is 5. The van der Waals surface area contributed by atoms with Crippen molar-refractivity contribution in [2.45, 2.75) is 256 Å². The summed E-state index contributed by atoms with van der Waals surface area (Å²) in [4.78, 5) is 13.0. The zero-order valence-corrected chi connectivity index (χ0v) is 47.7. The molecule has 0 aromatic carbocycles. The van der Waals surface area contributed by atoms with E-state index in [4.69, 9.17) is 9.47 Å². The molecule has 1 fully saturated rings. The molecule has 9 nitrogen and oxygen atoms in total. The molecule has 1 rings (SSSR count). The van der Waals surface area contributed by atoms with Crippen LogP contribution in [0.5, 0.6) is 0 Å². The van der Waals surface area contributed by atoms with Gasteiger partial charge in [-0.2, -0.15) is 0 Å². The third kappa shape index (κ3) is 43.1. The van der Waals surface area contributed by atoms with Crippen LogP contribution in [0.15, 0.2) is 146 Å². The molecule has 7 atom stereocenters. The number of allylic oxidation sites excluding steroid dienone is 23. The summed E-state index contributed by atoms with van der Waals surface area (Å²) in [6.07, 6.45) is 77.8. The van der Waals surface area contributed by atoms with Gasteiger partial charge in [0.05, 0.1) is 25.4 Å². The van der Waals surface area contributed by atoms with E-state index in [1.54, 1.807) is 6.08 Å². The molecule has 7 unspecified atom stereocenters. The summed E-state index contributed by atoms with van der Waals surface area (Å²) in [5.41, 5.74) is 0. The number of aliphatic hydroxyl groups excluding tert-OH is 5. The van der Waals surface area contributed by atoms with E-state index in [2.05, 4.69) is 153 Å². The molecule has 76 heavy (non-hydrogen) atoms. The third-order valence-corrected chi connectivity index (χ3v) is 13.1. The highest BCUT2D eigenvalue weighted by atomic mass is 16.7. The lowest BCUT2D eigenvalue weighted by atomic mass is 9.99.